The van der Waals surface area contributed by atoms with E-state index >= 15 is 0 Å². The van der Waals surface area contributed by atoms with Gasteiger partial charge in [0.25, 0.3) is 0 Å². The lowest BCUT2D eigenvalue weighted by atomic mass is 9.79. The highest BCUT2D eigenvalue weighted by molar-refractivity contribution is 7.99. The van der Waals surface area contributed by atoms with Gasteiger partial charge in [0, 0.05) is 11.8 Å². The second-order valence-electron chi connectivity index (χ2n) is 6.34. The summed E-state index contributed by atoms with van der Waals surface area (Å²) in [5.41, 5.74) is 3.04. The number of rotatable bonds is 8. The lowest BCUT2D eigenvalue weighted by Crippen LogP contribution is -2.23. The second kappa shape index (κ2) is 8.09. The molecule has 0 spiro atoms. The Morgan fingerprint density at radius 3 is 2.65 bits per heavy atom. The van der Waals surface area contributed by atoms with Crippen molar-refractivity contribution in [2.45, 2.75) is 52.0 Å². The van der Waals surface area contributed by atoms with Crippen molar-refractivity contribution < 1.29 is 0 Å². The van der Waals surface area contributed by atoms with Crippen LogP contribution < -0.4 is 5.32 Å². The van der Waals surface area contributed by atoms with Crippen molar-refractivity contribution >= 4 is 11.8 Å². The molecular weight excluding hydrogens is 262 g/mol. The average Bonchev–Trinajstić information content (AvgIpc) is 2.36. The number of thioether (sulfide) groups is 1. The molecular formula is C18H29NS. The van der Waals surface area contributed by atoms with Gasteiger partial charge < -0.3 is 5.32 Å². The summed E-state index contributed by atoms with van der Waals surface area (Å²) < 4.78 is 0. The van der Waals surface area contributed by atoms with E-state index in [1.807, 2.05) is 0 Å². The van der Waals surface area contributed by atoms with Crippen LogP contribution in [0.15, 0.2) is 24.3 Å². The maximum atomic E-state index is 3.65. The summed E-state index contributed by atoms with van der Waals surface area (Å²) in [6.45, 7) is 7.84. The Hall–Kier alpha value is -0.470. The quantitative estimate of drug-likeness (QED) is 0.724. The Morgan fingerprint density at radius 1 is 1.25 bits per heavy atom. The van der Waals surface area contributed by atoms with Crippen molar-refractivity contribution in [3.8, 4) is 0 Å². The van der Waals surface area contributed by atoms with Gasteiger partial charge in [0.1, 0.15) is 0 Å². The summed E-state index contributed by atoms with van der Waals surface area (Å²) in [7, 11) is 0. The highest BCUT2D eigenvalue weighted by atomic mass is 32.2. The molecule has 1 N–H and O–H groups in total. The summed E-state index contributed by atoms with van der Waals surface area (Å²) in [4.78, 5) is 0. The largest absolute Gasteiger partial charge is 0.310 e. The van der Waals surface area contributed by atoms with E-state index in [1.165, 1.54) is 36.3 Å². The first-order valence-corrected chi connectivity index (χ1v) is 9.27. The monoisotopic (exact) mass is 291 g/mol. The van der Waals surface area contributed by atoms with Gasteiger partial charge in [0.15, 0.2) is 0 Å². The standard InChI is InChI=1S/C18H29NS/c1-4-19-18(13-20-12-14(2)3)17-10-6-9-16(11-17)15-7-5-8-15/h6,9-11,14-15,18-19H,4-5,7-8,12-13H2,1-3H3. The SMILES string of the molecule is CCNC(CSCC(C)C)c1cccc(C2CCC2)c1. The van der Waals surface area contributed by atoms with Crippen LogP contribution in [0.4, 0.5) is 0 Å². The Labute approximate surface area is 128 Å². The minimum Gasteiger partial charge on any atom is -0.310 e. The summed E-state index contributed by atoms with van der Waals surface area (Å²) >= 11 is 2.08. The third-order valence-corrected chi connectivity index (χ3v) is 5.55. The van der Waals surface area contributed by atoms with Crippen LogP contribution in [-0.4, -0.2) is 18.1 Å². The lowest BCUT2D eigenvalue weighted by molar-refractivity contribution is 0.419. The van der Waals surface area contributed by atoms with E-state index in [2.05, 4.69) is 62.1 Å². The Bertz CT molecular complexity index is 398. The molecule has 112 valence electrons. The first kappa shape index (κ1) is 15.9. The molecule has 2 heteroatoms. The smallest absolute Gasteiger partial charge is 0.0411 e. The predicted octanol–water partition coefficient (Wildman–Crippen LogP) is 4.99. The first-order valence-electron chi connectivity index (χ1n) is 8.11. The number of hydrogen-bond donors (Lipinski definition) is 1. The molecule has 1 unspecified atom stereocenters. The van der Waals surface area contributed by atoms with Crippen LogP contribution in [0, 0.1) is 5.92 Å². The predicted molar refractivity (Wildman–Crippen MR) is 91.6 cm³/mol. The first-order chi connectivity index (χ1) is 9.70. The molecule has 0 amide bonds. The number of nitrogens with one attached hydrogen (secondary N) is 1. The fourth-order valence-corrected chi connectivity index (χ4v) is 3.87. The van der Waals surface area contributed by atoms with Gasteiger partial charge in [0.2, 0.25) is 0 Å². The molecule has 0 aliphatic heterocycles. The van der Waals surface area contributed by atoms with E-state index in [-0.39, 0.29) is 0 Å². The van der Waals surface area contributed by atoms with Crippen molar-refractivity contribution in [3.63, 3.8) is 0 Å². The maximum absolute atomic E-state index is 3.65. The van der Waals surface area contributed by atoms with Crippen LogP contribution in [0.5, 0.6) is 0 Å². The molecule has 1 aromatic carbocycles. The fourth-order valence-electron chi connectivity index (χ4n) is 2.71. The van der Waals surface area contributed by atoms with Crippen molar-refractivity contribution in [2.24, 2.45) is 5.92 Å². The highest BCUT2D eigenvalue weighted by Gasteiger charge is 2.20. The van der Waals surface area contributed by atoms with Crippen LogP contribution in [0.25, 0.3) is 0 Å². The van der Waals surface area contributed by atoms with Gasteiger partial charge in [-0.3, -0.25) is 0 Å². The molecule has 0 heterocycles. The molecule has 1 fully saturated rings. The molecule has 20 heavy (non-hydrogen) atoms. The summed E-state index contributed by atoms with van der Waals surface area (Å²) in [5, 5.41) is 3.65. The van der Waals surface area contributed by atoms with Crippen molar-refractivity contribution in [1.82, 2.24) is 5.32 Å². The topological polar surface area (TPSA) is 12.0 Å². The minimum atomic E-state index is 0.503. The van der Waals surface area contributed by atoms with Crippen LogP contribution in [-0.2, 0) is 0 Å². The molecule has 1 aliphatic rings. The van der Waals surface area contributed by atoms with Crippen LogP contribution in [0.1, 0.15) is 63.1 Å². The van der Waals surface area contributed by atoms with E-state index < -0.39 is 0 Å². The zero-order valence-electron chi connectivity index (χ0n) is 13.2. The van der Waals surface area contributed by atoms with Crippen LogP contribution in [0.3, 0.4) is 0 Å². The molecule has 1 nitrogen and oxygen atoms in total. The summed E-state index contributed by atoms with van der Waals surface area (Å²) in [6, 6.07) is 9.82. The van der Waals surface area contributed by atoms with Gasteiger partial charge >= 0.3 is 0 Å². The average molecular weight is 292 g/mol. The molecule has 1 aromatic rings. The molecule has 0 bridgehead atoms. The van der Waals surface area contributed by atoms with Crippen LogP contribution in [0.2, 0.25) is 0 Å². The zero-order valence-corrected chi connectivity index (χ0v) is 14.0. The van der Waals surface area contributed by atoms with Gasteiger partial charge in [-0.2, -0.15) is 11.8 Å². The second-order valence-corrected chi connectivity index (χ2v) is 7.41. The third kappa shape index (κ3) is 4.53. The Balaban J connectivity index is 1.99. The maximum Gasteiger partial charge on any atom is 0.0411 e. The van der Waals surface area contributed by atoms with Gasteiger partial charge in [-0.15, -0.1) is 0 Å². The van der Waals surface area contributed by atoms with Crippen molar-refractivity contribution in [2.75, 3.05) is 18.1 Å². The molecule has 1 atom stereocenters. The van der Waals surface area contributed by atoms with Crippen molar-refractivity contribution in [1.29, 1.82) is 0 Å². The van der Waals surface area contributed by atoms with Gasteiger partial charge in [0.05, 0.1) is 0 Å². The number of benzene rings is 1. The highest BCUT2D eigenvalue weighted by Crippen LogP contribution is 2.37. The summed E-state index contributed by atoms with van der Waals surface area (Å²) in [6.07, 6.45) is 4.19. The van der Waals surface area contributed by atoms with Crippen molar-refractivity contribution in [3.05, 3.63) is 35.4 Å². The van der Waals surface area contributed by atoms with Gasteiger partial charge in [-0.25, -0.2) is 0 Å². The Morgan fingerprint density at radius 2 is 2.05 bits per heavy atom. The van der Waals surface area contributed by atoms with E-state index in [9.17, 15) is 0 Å². The Kier molecular flexibility index (Phi) is 6.44. The van der Waals surface area contributed by atoms with Crippen LogP contribution >= 0.6 is 11.8 Å². The lowest BCUT2D eigenvalue weighted by Gasteiger charge is -2.27. The van der Waals surface area contributed by atoms with Gasteiger partial charge in [-0.05, 0) is 48.1 Å². The normalized spacial score (nSPS) is 17.2. The van der Waals surface area contributed by atoms with E-state index in [0.29, 0.717) is 6.04 Å². The van der Waals surface area contributed by atoms with Gasteiger partial charge in [-0.1, -0.05) is 51.5 Å². The minimum absolute atomic E-state index is 0.503. The molecule has 1 saturated carbocycles. The molecule has 1 aliphatic carbocycles. The zero-order chi connectivity index (χ0) is 14.4. The number of hydrogen-bond acceptors (Lipinski definition) is 2. The third-order valence-electron chi connectivity index (χ3n) is 4.08. The summed E-state index contributed by atoms with van der Waals surface area (Å²) in [5.74, 6) is 4.05. The van der Waals surface area contributed by atoms with E-state index in [4.69, 9.17) is 0 Å². The fraction of sp³-hybridized carbons (Fsp3) is 0.667. The molecule has 0 aromatic heterocycles. The van der Waals surface area contributed by atoms with E-state index in [0.717, 1.165) is 18.4 Å². The van der Waals surface area contributed by atoms with E-state index in [1.54, 1.807) is 5.56 Å². The molecule has 0 saturated heterocycles. The molecule has 2 rings (SSSR count). The molecule has 0 radical (unpaired) electrons.